The molecule has 0 saturated carbocycles. The van der Waals surface area contributed by atoms with Gasteiger partial charge in [-0.15, -0.1) is 0 Å². The van der Waals surface area contributed by atoms with Gasteiger partial charge in [-0.1, -0.05) is 18.5 Å². The molecule has 0 spiro atoms. The number of aliphatic imine (C=N–C) groups is 1. The lowest BCUT2D eigenvalue weighted by atomic mass is 10.00. The molecule has 11 heteroatoms. The number of methoxy groups -OCH3 is 3. The summed E-state index contributed by atoms with van der Waals surface area (Å²) in [7, 11) is 4.69. The van der Waals surface area contributed by atoms with Crippen LogP contribution in [0.25, 0.3) is 0 Å². The standard InChI is InChI=1S/C29H33ClN6O4/c1-17-7-9-35(10-8-17)16-36-22-6-5-20(30)14-21(22)25(28(36)37)33-29-32-15-19(27(31)34-29)11-18-12-23(38-2)26(40-4)24(13-18)39-3/h5-6,12-15,17H,7-11,16H2,1-4H3,(H2,31,32,34). The molecule has 0 radical (unpaired) electrons. The number of anilines is 2. The average molecular weight is 565 g/mol. The number of carbonyl (C=O) groups excluding carboxylic acids is 1. The predicted octanol–water partition coefficient (Wildman–Crippen LogP) is 4.49. The first-order chi connectivity index (χ1) is 19.3. The van der Waals surface area contributed by atoms with E-state index in [0.29, 0.717) is 52.4 Å². The van der Waals surface area contributed by atoms with Crippen molar-refractivity contribution < 1.29 is 19.0 Å². The SMILES string of the molecule is COc1cc(Cc2cnc(N=C3C(=O)N(CN4CCC(C)CC4)c4ccc(Cl)cc43)nc2N)cc(OC)c1OC. The number of carbonyl (C=O) groups is 1. The second-order valence-electron chi connectivity index (χ2n) is 10.1. The molecule has 0 unspecified atom stereocenters. The third-order valence-electron chi connectivity index (χ3n) is 7.39. The number of likely N-dealkylation sites (tertiary alicyclic amines) is 1. The number of fused-ring (bicyclic) bond motifs is 1. The van der Waals surface area contributed by atoms with Gasteiger partial charge >= 0.3 is 0 Å². The molecule has 2 aliphatic rings. The highest BCUT2D eigenvalue weighted by Gasteiger charge is 2.36. The number of halogens is 1. The van der Waals surface area contributed by atoms with E-state index in [-0.39, 0.29) is 23.4 Å². The second-order valence-corrected chi connectivity index (χ2v) is 10.5. The van der Waals surface area contributed by atoms with Crippen molar-refractivity contribution in [2.45, 2.75) is 26.2 Å². The van der Waals surface area contributed by atoms with Crippen molar-refractivity contribution >= 4 is 40.7 Å². The number of rotatable bonds is 8. The van der Waals surface area contributed by atoms with Crippen LogP contribution in [0.4, 0.5) is 17.5 Å². The van der Waals surface area contributed by atoms with Crippen LogP contribution in [0.15, 0.2) is 41.5 Å². The molecule has 2 N–H and O–H groups in total. The number of ether oxygens (including phenoxy) is 3. The van der Waals surface area contributed by atoms with Crippen molar-refractivity contribution in [2.24, 2.45) is 10.9 Å². The van der Waals surface area contributed by atoms with Crippen LogP contribution in [0, 0.1) is 5.92 Å². The van der Waals surface area contributed by atoms with Crippen molar-refractivity contribution in [1.29, 1.82) is 0 Å². The maximum absolute atomic E-state index is 13.6. The van der Waals surface area contributed by atoms with Gasteiger partial charge in [-0.25, -0.2) is 9.98 Å². The van der Waals surface area contributed by atoms with E-state index in [1.807, 2.05) is 18.2 Å². The molecule has 210 valence electrons. The van der Waals surface area contributed by atoms with E-state index >= 15 is 0 Å². The molecule has 1 fully saturated rings. The summed E-state index contributed by atoms with van der Waals surface area (Å²) in [4.78, 5) is 31.0. The zero-order valence-corrected chi connectivity index (χ0v) is 23.9. The highest BCUT2D eigenvalue weighted by atomic mass is 35.5. The molecule has 0 aliphatic carbocycles. The Labute approximate surface area is 238 Å². The van der Waals surface area contributed by atoms with Gasteiger partial charge in [0.2, 0.25) is 5.75 Å². The van der Waals surface area contributed by atoms with E-state index in [1.165, 1.54) is 0 Å². The van der Waals surface area contributed by atoms with Gasteiger partial charge in [0.1, 0.15) is 11.5 Å². The summed E-state index contributed by atoms with van der Waals surface area (Å²) < 4.78 is 16.3. The number of benzene rings is 2. The number of nitrogen functional groups attached to an aromatic ring is 1. The van der Waals surface area contributed by atoms with E-state index in [1.54, 1.807) is 44.6 Å². The highest BCUT2D eigenvalue weighted by molar-refractivity contribution is 6.55. The van der Waals surface area contributed by atoms with Crippen LogP contribution in [-0.2, 0) is 11.2 Å². The number of hydrogen-bond acceptors (Lipinski definition) is 9. The molecular weight excluding hydrogens is 532 g/mol. The number of hydrogen-bond donors (Lipinski definition) is 1. The molecule has 10 nitrogen and oxygen atoms in total. The normalized spacial score (nSPS) is 16.9. The fraction of sp³-hybridized carbons (Fsp3) is 0.379. The maximum atomic E-state index is 13.6. The lowest BCUT2D eigenvalue weighted by Gasteiger charge is -2.33. The maximum Gasteiger partial charge on any atom is 0.278 e. The van der Waals surface area contributed by atoms with Gasteiger partial charge < -0.3 is 19.9 Å². The van der Waals surface area contributed by atoms with Gasteiger partial charge in [0, 0.05) is 41.9 Å². The fourth-order valence-electron chi connectivity index (χ4n) is 5.10. The van der Waals surface area contributed by atoms with E-state index < -0.39 is 0 Å². The van der Waals surface area contributed by atoms with Gasteiger partial charge in [0.25, 0.3) is 11.9 Å². The van der Waals surface area contributed by atoms with Gasteiger partial charge in [0.15, 0.2) is 11.5 Å². The summed E-state index contributed by atoms with van der Waals surface area (Å²) in [6.45, 7) is 4.67. The zero-order chi connectivity index (χ0) is 28.4. The van der Waals surface area contributed by atoms with Crippen molar-refractivity contribution in [3.63, 3.8) is 0 Å². The van der Waals surface area contributed by atoms with Gasteiger partial charge in [-0.05, 0) is 54.7 Å². The van der Waals surface area contributed by atoms with E-state index in [2.05, 4.69) is 26.8 Å². The van der Waals surface area contributed by atoms with Gasteiger partial charge in [-0.3, -0.25) is 14.6 Å². The largest absolute Gasteiger partial charge is 0.493 e. The summed E-state index contributed by atoms with van der Waals surface area (Å²) >= 11 is 6.31. The number of amides is 1. The quantitative estimate of drug-likeness (QED) is 0.425. The van der Waals surface area contributed by atoms with Crippen molar-refractivity contribution in [1.82, 2.24) is 14.9 Å². The highest BCUT2D eigenvalue weighted by Crippen LogP contribution is 2.39. The topological polar surface area (TPSA) is 115 Å². The molecule has 5 rings (SSSR count). The molecule has 2 aliphatic heterocycles. The summed E-state index contributed by atoms with van der Waals surface area (Å²) in [6, 6.07) is 9.11. The lowest BCUT2D eigenvalue weighted by molar-refractivity contribution is -0.112. The Balaban J connectivity index is 1.41. The summed E-state index contributed by atoms with van der Waals surface area (Å²) in [6.07, 6.45) is 4.28. The monoisotopic (exact) mass is 564 g/mol. The zero-order valence-electron chi connectivity index (χ0n) is 23.1. The van der Waals surface area contributed by atoms with Gasteiger partial charge in [0.05, 0.1) is 33.7 Å². The Morgan fingerprint density at radius 2 is 1.77 bits per heavy atom. The third kappa shape index (κ3) is 5.55. The Morgan fingerprint density at radius 3 is 2.40 bits per heavy atom. The van der Waals surface area contributed by atoms with Crippen LogP contribution in [0.5, 0.6) is 17.2 Å². The van der Waals surface area contributed by atoms with Crippen LogP contribution in [0.3, 0.4) is 0 Å². The van der Waals surface area contributed by atoms with Crippen LogP contribution in [0.2, 0.25) is 5.02 Å². The van der Waals surface area contributed by atoms with E-state index in [9.17, 15) is 4.79 Å². The summed E-state index contributed by atoms with van der Waals surface area (Å²) in [5.41, 5.74) is 9.58. The molecular formula is C29H33ClN6O4. The number of aromatic nitrogens is 2. The van der Waals surface area contributed by atoms with Crippen molar-refractivity contribution in [3.8, 4) is 17.2 Å². The molecule has 1 amide bonds. The second kappa shape index (κ2) is 11.7. The minimum Gasteiger partial charge on any atom is -0.493 e. The predicted molar refractivity (Wildman–Crippen MR) is 155 cm³/mol. The average Bonchev–Trinajstić information content (AvgIpc) is 3.20. The Morgan fingerprint density at radius 1 is 1.07 bits per heavy atom. The smallest absolute Gasteiger partial charge is 0.278 e. The van der Waals surface area contributed by atoms with Crippen molar-refractivity contribution in [2.75, 3.05) is 51.7 Å². The molecule has 0 atom stereocenters. The van der Waals surface area contributed by atoms with E-state index in [4.69, 9.17) is 31.5 Å². The third-order valence-corrected chi connectivity index (χ3v) is 7.62. The lowest BCUT2D eigenvalue weighted by Crippen LogP contribution is -2.44. The van der Waals surface area contributed by atoms with Crippen LogP contribution in [-0.4, -0.2) is 67.6 Å². The molecule has 1 saturated heterocycles. The number of piperidine rings is 1. The van der Waals surface area contributed by atoms with Crippen LogP contribution in [0.1, 0.15) is 36.5 Å². The van der Waals surface area contributed by atoms with Crippen LogP contribution < -0.4 is 24.8 Å². The van der Waals surface area contributed by atoms with Crippen LogP contribution >= 0.6 is 11.6 Å². The fourth-order valence-corrected chi connectivity index (χ4v) is 5.27. The van der Waals surface area contributed by atoms with Gasteiger partial charge in [-0.2, -0.15) is 4.98 Å². The van der Waals surface area contributed by atoms with E-state index in [0.717, 1.165) is 37.2 Å². The molecule has 0 bridgehead atoms. The molecule has 2 aromatic carbocycles. The minimum atomic E-state index is -0.209. The number of nitrogens with zero attached hydrogens (tertiary/aromatic N) is 5. The molecule has 40 heavy (non-hydrogen) atoms. The minimum absolute atomic E-state index is 0.106. The summed E-state index contributed by atoms with van der Waals surface area (Å²) in [5, 5.41) is 0.522. The summed E-state index contributed by atoms with van der Waals surface area (Å²) in [5.74, 6) is 2.45. The first-order valence-electron chi connectivity index (χ1n) is 13.1. The molecule has 1 aromatic heterocycles. The first-order valence-corrected chi connectivity index (χ1v) is 13.5. The molecule has 3 aromatic rings. The number of nitrogens with two attached hydrogens (primary N) is 1. The Bertz CT molecular complexity index is 1430. The Kier molecular flexibility index (Phi) is 8.09. The Hall–Kier alpha value is -3.89. The van der Waals surface area contributed by atoms with Crippen molar-refractivity contribution in [3.05, 3.63) is 58.2 Å². The molecule has 3 heterocycles. The first kappa shape index (κ1) is 27.7.